The molecule has 0 bridgehead atoms. The summed E-state index contributed by atoms with van der Waals surface area (Å²) in [5.41, 5.74) is 6.52. The Bertz CT molecular complexity index is 626. The Morgan fingerprint density at radius 3 is 2.50 bits per heavy atom. The first-order valence-corrected chi connectivity index (χ1v) is 8.61. The molecule has 0 amide bonds. The van der Waals surface area contributed by atoms with Crippen LogP contribution in [0.3, 0.4) is 0 Å². The molecule has 0 spiro atoms. The molecule has 6 nitrogen and oxygen atoms in total. The van der Waals surface area contributed by atoms with E-state index >= 15 is 0 Å². The molecule has 22 heavy (non-hydrogen) atoms. The summed E-state index contributed by atoms with van der Waals surface area (Å²) in [4.78, 5) is 11.7. The van der Waals surface area contributed by atoms with E-state index in [0.717, 1.165) is 0 Å². The van der Waals surface area contributed by atoms with Gasteiger partial charge >= 0.3 is 5.97 Å². The van der Waals surface area contributed by atoms with Crippen LogP contribution in [0.15, 0.2) is 23.1 Å². The maximum Gasteiger partial charge on any atom is 0.338 e. The van der Waals surface area contributed by atoms with Gasteiger partial charge in [-0.2, -0.15) is 0 Å². The van der Waals surface area contributed by atoms with E-state index in [-0.39, 0.29) is 23.0 Å². The predicted octanol–water partition coefficient (Wildman–Crippen LogP) is 1.43. The maximum atomic E-state index is 12.4. The quantitative estimate of drug-likeness (QED) is 0.738. The molecule has 0 saturated carbocycles. The number of nitrogens with one attached hydrogen (secondary N) is 1. The van der Waals surface area contributed by atoms with Gasteiger partial charge in [-0.05, 0) is 37.0 Å². The standard InChI is InChI=1S/C15H24N2O4S/c1-10(2)7-12(9-16)17-22(19,20)13-6-5-11(3)14(8-13)15(18)21-4/h5-6,8,10,12,17H,7,9,16H2,1-4H3. The molecule has 1 rings (SSSR count). The molecule has 3 N–H and O–H groups in total. The average Bonchev–Trinajstić information content (AvgIpc) is 2.45. The molecule has 0 aliphatic rings. The van der Waals surface area contributed by atoms with Crippen LogP contribution in [0.25, 0.3) is 0 Å². The van der Waals surface area contributed by atoms with Crippen molar-refractivity contribution in [2.24, 2.45) is 11.7 Å². The van der Waals surface area contributed by atoms with Gasteiger partial charge in [0.2, 0.25) is 10.0 Å². The number of sulfonamides is 1. The number of nitrogens with two attached hydrogens (primary N) is 1. The van der Waals surface area contributed by atoms with E-state index in [1.807, 2.05) is 13.8 Å². The second kappa shape index (κ2) is 7.71. The van der Waals surface area contributed by atoms with Crippen molar-refractivity contribution in [2.45, 2.75) is 38.1 Å². The first-order valence-electron chi connectivity index (χ1n) is 7.12. The Morgan fingerprint density at radius 2 is 2.00 bits per heavy atom. The second-order valence-corrected chi connectivity index (χ2v) is 7.37. The van der Waals surface area contributed by atoms with Crippen LogP contribution in [0, 0.1) is 12.8 Å². The van der Waals surface area contributed by atoms with Gasteiger partial charge in [-0.3, -0.25) is 0 Å². The number of carbonyl (C=O) groups excluding carboxylic acids is 1. The number of methoxy groups -OCH3 is 1. The number of carbonyl (C=O) groups is 1. The SMILES string of the molecule is COC(=O)c1cc(S(=O)(=O)NC(CN)CC(C)C)ccc1C. The highest BCUT2D eigenvalue weighted by Gasteiger charge is 2.22. The number of hydrogen-bond acceptors (Lipinski definition) is 5. The zero-order valence-electron chi connectivity index (χ0n) is 13.4. The van der Waals surface area contributed by atoms with Gasteiger partial charge in [-0.15, -0.1) is 0 Å². The Hall–Kier alpha value is -1.44. The van der Waals surface area contributed by atoms with E-state index in [1.165, 1.54) is 19.2 Å². The molecule has 0 saturated heterocycles. The van der Waals surface area contributed by atoms with Crippen LogP contribution in [0.4, 0.5) is 0 Å². The van der Waals surface area contributed by atoms with Gasteiger partial charge < -0.3 is 10.5 Å². The van der Waals surface area contributed by atoms with Crippen molar-refractivity contribution < 1.29 is 17.9 Å². The van der Waals surface area contributed by atoms with Gasteiger partial charge in [-0.25, -0.2) is 17.9 Å². The number of hydrogen-bond donors (Lipinski definition) is 2. The molecular formula is C15H24N2O4S. The number of esters is 1. The fourth-order valence-electron chi connectivity index (χ4n) is 2.15. The van der Waals surface area contributed by atoms with Crippen molar-refractivity contribution in [2.75, 3.05) is 13.7 Å². The molecule has 124 valence electrons. The Balaban J connectivity index is 3.10. The zero-order valence-corrected chi connectivity index (χ0v) is 14.2. The van der Waals surface area contributed by atoms with Crippen LogP contribution in [0.1, 0.15) is 36.2 Å². The highest BCUT2D eigenvalue weighted by molar-refractivity contribution is 7.89. The van der Waals surface area contributed by atoms with Gasteiger partial charge in [0.05, 0.1) is 17.6 Å². The minimum atomic E-state index is -3.74. The first-order chi connectivity index (χ1) is 10.2. The van der Waals surface area contributed by atoms with Crippen LogP contribution in [0.2, 0.25) is 0 Å². The number of rotatable bonds is 7. The molecule has 1 aromatic rings. The largest absolute Gasteiger partial charge is 0.465 e. The number of benzene rings is 1. The third-order valence-corrected chi connectivity index (χ3v) is 4.81. The monoisotopic (exact) mass is 328 g/mol. The number of ether oxygens (including phenoxy) is 1. The van der Waals surface area contributed by atoms with Crippen molar-refractivity contribution in [1.82, 2.24) is 4.72 Å². The summed E-state index contributed by atoms with van der Waals surface area (Å²) in [5, 5.41) is 0. The maximum absolute atomic E-state index is 12.4. The van der Waals surface area contributed by atoms with Crippen LogP contribution in [0.5, 0.6) is 0 Å². The molecule has 0 aliphatic carbocycles. The van der Waals surface area contributed by atoms with Crippen LogP contribution >= 0.6 is 0 Å². The third-order valence-electron chi connectivity index (χ3n) is 3.29. The molecule has 0 radical (unpaired) electrons. The van der Waals surface area contributed by atoms with Gasteiger partial charge in [-0.1, -0.05) is 19.9 Å². The molecule has 1 atom stereocenters. The summed E-state index contributed by atoms with van der Waals surface area (Å²) in [6.07, 6.45) is 0.644. The molecule has 0 aliphatic heterocycles. The summed E-state index contributed by atoms with van der Waals surface area (Å²) < 4.78 is 32.1. The van der Waals surface area contributed by atoms with Gasteiger partial charge in [0, 0.05) is 12.6 Å². The fourth-order valence-corrected chi connectivity index (χ4v) is 3.43. The fraction of sp³-hybridized carbons (Fsp3) is 0.533. The Kier molecular flexibility index (Phi) is 6.52. The third kappa shape index (κ3) is 4.79. The van der Waals surface area contributed by atoms with Crippen molar-refractivity contribution in [1.29, 1.82) is 0 Å². The average molecular weight is 328 g/mol. The van der Waals surface area contributed by atoms with Crippen molar-refractivity contribution in [3.8, 4) is 0 Å². The van der Waals surface area contributed by atoms with Crippen LogP contribution in [-0.4, -0.2) is 34.1 Å². The van der Waals surface area contributed by atoms with Crippen molar-refractivity contribution >= 4 is 16.0 Å². The minimum Gasteiger partial charge on any atom is -0.465 e. The lowest BCUT2D eigenvalue weighted by molar-refractivity contribution is 0.0599. The summed E-state index contributed by atoms with van der Waals surface area (Å²) in [6, 6.07) is 4.04. The summed E-state index contributed by atoms with van der Waals surface area (Å²) in [5.74, 6) is -0.244. The van der Waals surface area contributed by atoms with Gasteiger partial charge in [0.1, 0.15) is 0 Å². The van der Waals surface area contributed by atoms with E-state index in [4.69, 9.17) is 5.73 Å². The highest BCUT2D eigenvalue weighted by Crippen LogP contribution is 2.17. The second-order valence-electron chi connectivity index (χ2n) is 5.65. The molecule has 1 aromatic carbocycles. The summed E-state index contributed by atoms with van der Waals surface area (Å²) in [7, 11) is -2.48. The molecule has 0 aromatic heterocycles. The van der Waals surface area contributed by atoms with E-state index in [0.29, 0.717) is 17.9 Å². The highest BCUT2D eigenvalue weighted by atomic mass is 32.2. The molecule has 0 fully saturated rings. The minimum absolute atomic E-state index is 0.0284. The van der Waals surface area contributed by atoms with Gasteiger partial charge in [0.15, 0.2) is 0 Å². The first kappa shape index (κ1) is 18.6. The summed E-state index contributed by atoms with van der Waals surface area (Å²) in [6.45, 7) is 5.93. The molecule has 7 heteroatoms. The van der Waals surface area contributed by atoms with Crippen molar-refractivity contribution in [3.63, 3.8) is 0 Å². The summed E-state index contributed by atoms with van der Waals surface area (Å²) >= 11 is 0. The molecular weight excluding hydrogens is 304 g/mol. The van der Waals surface area contributed by atoms with Crippen LogP contribution in [-0.2, 0) is 14.8 Å². The normalized spacial score (nSPS) is 13.2. The van der Waals surface area contributed by atoms with E-state index in [9.17, 15) is 13.2 Å². The van der Waals surface area contributed by atoms with Crippen LogP contribution < -0.4 is 10.5 Å². The predicted molar refractivity (Wildman–Crippen MR) is 85.1 cm³/mol. The molecule has 1 unspecified atom stereocenters. The molecule has 0 heterocycles. The van der Waals surface area contributed by atoms with E-state index in [2.05, 4.69) is 9.46 Å². The lowest BCUT2D eigenvalue weighted by Gasteiger charge is -2.19. The zero-order chi connectivity index (χ0) is 16.9. The van der Waals surface area contributed by atoms with E-state index < -0.39 is 16.0 Å². The van der Waals surface area contributed by atoms with E-state index in [1.54, 1.807) is 13.0 Å². The lowest BCUT2D eigenvalue weighted by atomic mass is 10.1. The smallest absolute Gasteiger partial charge is 0.338 e. The lowest BCUT2D eigenvalue weighted by Crippen LogP contribution is -2.41. The number of aryl methyl sites for hydroxylation is 1. The van der Waals surface area contributed by atoms with Gasteiger partial charge in [0.25, 0.3) is 0 Å². The Labute approximate surface area is 132 Å². The Morgan fingerprint density at radius 1 is 1.36 bits per heavy atom. The topological polar surface area (TPSA) is 98.5 Å². The van der Waals surface area contributed by atoms with Crippen molar-refractivity contribution in [3.05, 3.63) is 29.3 Å².